The van der Waals surface area contributed by atoms with Gasteiger partial charge in [-0.05, 0) is 35.4 Å². The highest BCUT2D eigenvalue weighted by Crippen LogP contribution is 2.27. The Kier molecular flexibility index (Phi) is 6.67. The summed E-state index contributed by atoms with van der Waals surface area (Å²) in [5.74, 6) is 0.643. The van der Waals surface area contributed by atoms with Crippen LogP contribution in [0.15, 0.2) is 84.9 Å². The van der Waals surface area contributed by atoms with E-state index in [0.717, 1.165) is 25.2 Å². The fraction of sp³-hybridized carbons (Fsp3) is 0.240. The summed E-state index contributed by atoms with van der Waals surface area (Å²) in [6.45, 7) is 3.21. The maximum absolute atomic E-state index is 13.0. The van der Waals surface area contributed by atoms with Gasteiger partial charge in [-0.15, -0.1) is 0 Å². The van der Waals surface area contributed by atoms with Gasteiger partial charge < -0.3 is 9.64 Å². The smallest absolute Gasteiger partial charge is 0.261 e. The number of carbonyl (C=O) groups is 1. The first-order chi connectivity index (χ1) is 14.7. The fourth-order valence-electron chi connectivity index (χ4n) is 3.84. The minimum atomic E-state index is -0.00170. The highest BCUT2D eigenvalue weighted by atomic mass is 35.5. The maximum Gasteiger partial charge on any atom is 0.261 e. The van der Waals surface area contributed by atoms with Crippen LogP contribution in [0.2, 0.25) is 5.02 Å². The molecule has 154 valence electrons. The highest BCUT2D eigenvalue weighted by molar-refractivity contribution is 6.30. The topological polar surface area (TPSA) is 32.8 Å². The van der Waals surface area contributed by atoms with Gasteiger partial charge >= 0.3 is 0 Å². The predicted octanol–water partition coefficient (Wildman–Crippen LogP) is 4.80. The third-order valence-electron chi connectivity index (χ3n) is 5.39. The lowest BCUT2D eigenvalue weighted by Gasteiger charge is -2.41. The fourth-order valence-corrected chi connectivity index (χ4v) is 3.97. The number of halogens is 1. The Hall–Kier alpha value is -2.82. The SMILES string of the molecule is O=C(COc1ccc(Cl)cc1)N1CCN(Cc2ccccc2)CC1c1ccccc1. The van der Waals surface area contributed by atoms with Crippen LogP contribution in [0.5, 0.6) is 5.75 Å². The van der Waals surface area contributed by atoms with Crippen LogP contribution in [0, 0.1) is 0 Å². The molecule has 0 saturated carbocycles. The quantitative estimate of drug-likeness (QED) is 0.574. The Morgan fingerprint density at radius 2 is 1.57 bits per heavy atom. The minimum Gasteiger partial charge on any atom is -0.484 e. The number of hydrogen-bond donors (Lipinski definition) is 0. The molecule has 3 aromatic rings. The molecule has 0 aliphatic carbocycles. The van der Waals surface area contributed by atoms with Gasteiger partial charge in [0.25, 0.3) is 5.91 Å². The number of nitrogens with zero attached hydrogens (tertiary/aromatic N) is 2. The third-order valence-corrected chi connectivity index (χ3v) is 5.65. The van der Waals surface area contributed by atoms with Crippen molar-refractivity contribution in [3.8, 4) is 5.75 Å². The van der Waals surface area contributed by atoms with Crippen LogP contribution in [0.25, 0.3) is 0 Å². The molecule has 1 amide bonds. The molecule has 1 heterocycles. The average Bonchev–Trinajstić information content (AvgIpc) is 2.80. The van der Waals surface area contributed by atoms with Crippen molar-refractivity contribution in [2.45, 2.75) is 12.6 Å². The first-order valence-electron chi connectivity index (χ1n) is 10.2. The van der Waals surface area contributed by atoms with Gasteiger partial charge in [-0.1, -0.05) is 72.3 Å². The molecule has 1 unspecified atom stereocenters. The standard InChI is InChI=1S/C25H25ClN2O2/c26-22-11-13-23(14-12-22)30-19-25(29)28-16-15-27(17-20-7-3-1-4-8-20)18-24(28)21-9-5-2-6-10-21/h1-14,24H,15-19H2. The van der Waals surface area contributed by atoms with E-state index in [4.69, 9.17) is 16.3 Å². The molecule has 1 fully saturated rings. The summed E-state index contributed by atoms with van der Waals surface area (Å²) in [4.78, 5) is 17.4. The van der Waals surface area contributed by atoms with E-state index in [1.165, 1.54) is 5.56 Å². The van der Waals surface area contributed by atoms with Crippen LogP contribution in [-0.2, 0) is 11.3 Å². The number of rotatable bonds is 6. The Bertz CT molecular complexity index is 948. The Morgan fingerprint density at radius 1 is 0.900 bits per heavy atom. The van der Waals surface area contributed by atoms with Crippen molar-refractivity contribution in [1.29, 1.82) is 0 Å². The number of piperazine rings is 1. The molecule has 0 radical (unpaired) electrons. The summed E-state index contributed by atoms with van der Waals surface area (Å²) < 4.78 is 5.72. The van der Waals surface area contributed by atoms with Crippen LogP contribution in [-0.4, -0.2) is 41.9 Å². The molecule has 3 aromatic carbocycles. The number of benzene rings is 3. The first-order valence-corrected chi connectivity index (χ1v) is 10.6. The zero-order valence-corrected chi connectivity index (χ0v) is 17.5. The second-order valence-electron chi connectivity index (χ2n) is 7.48. The zero-order chi connectivity index (χ0) is 20.8. The third kappa shape index (κ3) is 5.21. The predicted molar refractivity (Wildman–Crippen MR) is 120 cm³/mol. The van der Waals surface area contributed by atoms with Crippen molar-refractivity contribution < 1.29 is 9.53 Å². The lowest BCUT2D eigenvalue weighted by atomic mass is 10.0. The van der Waals surface area contributed by atoms with Crippen molar-refractivity contribution in [3.63, 3.8) is 0 Å². The van der Waals surface area contributed by atoms with Gasteiger partial charge in [0.2, 0.25) is 0 Å². The minimum absolute atomic E-state index is 0.00170. The van der Waals surface area contributed by atoms with Crippen LogP contribution >= 0.6 is 11.6 Å². The van der Waals surface area contributed by atoms with Crippen molar-refractivity contribution in [2.24, 2.45) is 0 Å². The number of amides is 1. The van der Waals surface area contributed by atoms with E-state index in [-0.39, 0.29) is 18.6 Å². The van der Waals surface area contributed by atoms with Gasteiger partial charge in [-0.2, -0.15) is 0 Å². The largest absolute Gasteiger partial charge is 0.484 e. The summed E-state index contributed by atoms with van der Waals surface area (Å²) in [6.07, 6.45) is 0. The molecular formula is C25H25ClN2O2. The molecule has 5 heteroatoms. The van der Waals surface area contributed by atoms with Gasteiger partial charge in [0.05, 0.1) is 6.04 Å². The van der Waals surface area contributed by atoms with E-state index < -0.39 is 0 Å². The summed E-state index contributed by atoms with van der Waals surface area (Å²) in [5.41, 5.74) is 2.44. The first kappa shape index (κ1) is 20.5. The second kappa shape index (κ2) is 9.79. The van der Waals surface area contributed by atoms with E-state index >= 15 is 0 Å². The van der Waals surface area contributed by atoms with E-state index in [1.54, 1.807) is 24.3 Å². The number of ether oxygens (including phenoxy) is 1. The van der Waals surface area contributed by atoms with Crippen molar-refractivity contribution in [3.05, 3.63) is 101 Å². The molecule has 0 bridgehead atoms. The van der Waals surface area contributed by atoms with Crippen molar-refractivity contribution >= 4 is 17.5 Å². The molecule has 1 aliphatic heterocycles. The molecule has 1 atom stereocenters. The van der Waals surface area contributed by atoms with Crippen molar-refractivity contribution in [2.75, 3.05) is 26.2 Å². The van der Waals surface area contributed by atoms with E-state index in [0.29, 0.717) is 17.3 Å². The van der Waals surface area contributed by atoms with Gasteiger partial charge in [0, 0.05) is 31.2 Å². The average molecular weight is 421 g/mol. The van der Waals surface area contributed by atoms with Crippen molar-refractivity contribution in [1.82, 2.24) is 9.80 Å². The summed E-state index contributed by atoms with van der Waals surface area (Å²) in [5, 5.41) is 0.646. The summed E-state index contributed by atoms with van der Waals surface area (Å²) in [6, 6.07) is 27.8. The van der Waals surface area contributed by atoms with Gasteiger partial charge in [0.15, 0.2) is 6.61 Å². The molecule has 0 aromatic heterocycles. The highest BCUT2D eigenvalue weighted by Gasteiger charge is 2.31. The molecule has 1 saturated heterocycles. The normalized spacial score (nSPS) is 17.0. The molecule has 1 aliphatic rings. The van der Waals surface area contributed by atoms with Gasteiger partial charge in [0.1, 0.15) is 5.75 Å². The van der Waals surface area contributed by atoms with Crippen LogP contribution in [0.4, 0.5) is 0 Å². The lowest BCUT2D eigenvalue weighted by Crippen LogP contribution is -2.51. The summed E-state index contributed by atoms with van der Waals surface area (Å²) >= 11 is 5.92. The summed E-state index contributed by atoms with van der Waals surface area (Å²) in [7, 11) is 0. The Labute approximate surface area is 182 Å². The van der Waals surface area contributed by atoms with Crippen LogP contribution in [0.3, 0.4) is 0 Å². The monoisotopic (exact) mass is 420 g/mol. The maximum atomic E-state index is 13.0. The number of carbonyl (C=O) groups excluding carboxylic acids is 1. The molecule has 30 heavy (non-hydrogen) atoms. The Morgan fingerprint density at radius 3 is 2.27 bits per heavy atom. The van der Waals surface area contributed by atoms with E-state index in [2.05, 4.69) is 41.3 Å². The Balaban J connectivity index is 1.45. The van der Waals surface area contributed by atoms with Gasteiger partial charge in [-0.3, -0.25) is 9.69 Å². The van der Waals surface area contributed by atoms with Crippen LogP contribution < -0.4 is 4.74 Å². The second-order valence-corrected chi connectivity index (χ2v) is 7.91. The molecule has 0 N–H and O–H groups in total. The molecule has 4 rings (SSSR count). The van der Waals surface area contributed by atoms with E-state index in [1.807, 2.05) is 29.2 Å². The molecule has 0 spiro atoms. The van der Waals surface area contributed by atoms with Crippen LogP contribution in [0.1, 0.15) is 17.2 Å². The number of hydrogen-bond acceptors (Lipinski definition) is 3. The van der Waals surface area contributed by atoms with E-state index in [9.17, 15) is 4.79 Å². The lowest BCUT2D eigenvalue weighted by molar-refractivity contribution is -0.138. The molecular weight excluding hydrogens is 396 g/mol. The van der Waals surface area contributed by atoms with Gasteiger partial charge in [-0.25, -0.2) is 0 Å². The zero-order valence-electron chi connectivity index (χ0n) is 16.8. The molecule has 4 nitrogen and oxygen atoms in total.